The molecule has 0 saturated heterocycles. The highest BCUT2D eigenvalue weighted by Crippen LogP contribution is 2.32. The predicted molar refractivity (Wildman–Crippen MR) is 127 cm³/mol. The fourth-order valence-electron chi connectivity index (χ4n) is 5.38. The lowest BCUT2D eigenvalue weighted by molar-refractivity contribution is 0.0826. The van der Waals surface area contributed by atoms with Gasteiger partial charge in [0.1, 0.15) is 12.4 Å². The summed E-state index contributed by atoms with van der Waals surface area (Å²) in [5, 5.41) is 0. The van der Waals surface area contributed by atoms with Crippen LogP contribution in [0.25, 0.3) is 0 Å². The maximum Gasteiger partial charge on any atom is 0.166 e. The largest absolute Gasteiger partial charge is 0.489 e. The third-order valence-corrected chi connectivity index (χ3v) is 7.17. The molecule has 31 heavy (non-hydrogen) atoms. The average molecular weight is 420 g/mol. The highest BCUT2D eigenvalue weighted by atomic mass is 16.5. The van der Waals surface area contributed by atoms with Crippen LogP contribution in [-0.4, -0.2) is 29.3 Å². The molecule has 0 amide bonds. The van der Waals surface area contributed by atoms with E-state index in [2.05, 4.69) is 36.9 Å². The van der Waals surface area contributed by atoms with E-state index in [1.807, 2.05) is 30.3 Å². The van der Waals surface area contributed by atoms with Crippen LogP contribution in [0.3, 0.4) is 0 Å². The Labute approximate surface area is 187 Å². The summed E-state index contributed by atoms with van der Waals surface area (Å²) >= 11 is 0. The maximum atomic E-state index is 13.2. The molecule has 0 N–H and O–H groups in total. The smallest absolute Gasteiger partial charge is 0.166 e. The van der Waals surface area contributed by atoms with Gasteiger partial charge in [-0.25, -0.2) is 0 Å². The van der Waals surface area contributed by atoms with E-state index in [0.717, 1.165) is 48.2 Å². The van der Waals surface area contributed by atoms with E-state index in [1.165, 1.54) is 32.1 Å². The molecule has 2 aromatic rings. The molecule has 0 aliphatic heterocycles. The van der Waals surface area contributed by atoms with Gasteiger partial charge >= 0.3 is 0 Å². The molecule has 3 nitrogen and oxygen atoms in total. The van der Waals surface area contributed by atoms with E-state index in [1.54, 1.807) is 0 Å². The third kappa shape index (κ3) is 5.57. The number of carbonyl (C=O) groups excluding carboxylic acids is 1. The highest BCUT2D eigenvalue weighted by molar-refractivity contribution is 6.00. The zero-order valence-corrected chi connectivity index (χ0v) is 19.2. The Morgan fingerprint density at radius 1 is 1.00 bits per heavy atom. The normalized spacial score (nSPS) is 19.6. The van der Waals surface area contributed by atoms with Crippen LogP contribution >= 0.6 is 0 Å². The van der Waals surface area contributed by atoms with E-state index in [0.29, 0.717) is 24.5 Å². The molecule has 2 aromatic carbocycles. The van der Waals surface area contributed by atoms with Gasteiger partial charge in [0.05, 0.1) is 0 Å². The first-order valence-electron chi connectivity index (χ1n) is 12.2. The van der Waals surface area contributed by atoms with Crippen molar-refractivity contribution in [3.63, 3.8) is 0 Å². The van der Waals surface area contributed by atoms with Crippen molar-refractivity contribution in [2.75, 3.05) is 6.54 Å². The summed E-state index contributed by atoms with van der Waals surface area (Å²) in [6.07, 6.45) is 9.67. The zero-order chi connectivity index (χ0) is 21.6. The van der Waals surface area contributed by atoms with Crippen LogP contribution in [0.15, 0.2) is 48.5 Å². The lowest BCUT2D eigenvalue weighted by atomic mass is 9.80. The average Bonchev–Trinajstić information content (AvgIpc) is 2.80. The molecule has 166 valence electrons. The second-order valence-corrected chi connectivity index (χ2v) is 9.61. The van der Waals surface area contributed by atoms with Gasteiger partial charge in [-0.1, -0.05) is 49.6 Å². The molecule has 3 heteroatoms. The number of hydrogen-bond donors (Lipinski definition) is 0. The predicted octanol–water partition coefficient (Wildman–Crippen LogP) is 6.44. The fraction of sp³-hybridized carbons (Fsp3) is 0.536. The number of Topliss-reactive ketones (excluding diaryl/α,β-unsaturated/α-hetero) is 1. The number of carbonyl (C=O) groups is 1. The van der Waals surface area contributed by atoms with E-state index in [9.17, 15) is 4.79 Å². The summed E-state index contributed by atoms with van der Waals surface area (Å²) in [6.45, 7) is 6.22. The van der Waals surface area contributed by atoms with Gasteiger partial charge in [-0.2, -0.15) is 0 Å². The molecule has 0 spiro atoms. The second kappa shape index (κ2) is 10.5. The number of fused-ring (bicyclic) bond motifs is 1. The van der Waals surface area contributed by atoms with Crippen molar-refractivity contribution in [2.24, 2.45) is 5.92 Å². The van der Waals surface area contributed by atoms with Gasteiger partial charge in [0, 0.05) is 23.6 Å². The van der Waals surface area contributed by atoms with Crippen molar-refractivity contribution >= 4 is 5.78 Å². The van der Waals surface area contributed by atoms with Crippen LogP contribution in [0.2, 0.25) is 0 Å². The minimum Gasteiger partial charge on any atom is -0.489 e. The van der Waals surface area contributed by atoms with E-state index in [4.69, 9.17) is 4.74 Å². The lowest BCUT2D eigenvalue weighted by Gasteiger charge is -2.38. The van der Waals surface area contributed by atoms with Crippen LogP contribution in [0, 0.1) is 5.92 Å². The summed E-state index contributed by atoms with van der Waals surface area (Å²) in [5.41, 5.74) is 3.22. The highest BCUT2D eigenvalue weighted by Gasteiger charge is 2.30. The number of rotatable bonds is 8. The zero-order valence-electron chi connectivity index (χ0n) is 19.2. The molecule has 1 atom stereocenters. The molecule has 2 aliphatic rings. The van der Waals surface area contributed by atoms with Crippen molar-refractivity contribution in [1.82, 2.24) is 4.90 Å². The third-order valence-electron chi connectivity index (χ3n) is 7.17. The molecule has 2 aliphatic carbocycles. The first kappa shape index (κ1) is 22.1. The van der Waals surface area contributed by atoms with Crippen LogP contribution in [0.1, 0.15) is 80.3 Å². The number of ether oxygens (including phenoxy) is 1. The molecule has 0 radical (unpaired) electrons. The van der Waals surface area contributed by atoms with E-state index >= 15 is 0 Å². The van der Waals surface area contributed by atoms with Crippen LogP contribution < -0.4 is 4.74 Å². The molecule has 1 saturated carbocycles. The number of nitrogens with zero attached hydrogens (tertiary/aromatic N) is 1. The summed E-state index contributed by atoms with van der Waals surface area (Å²) < 4.78 is 5.97. The molecule has 1 fully saturated rings. The molecule has 0 heterocycles. The van der Waals surface area contributed by atoms with Crippen molar-refractivity contribution < 1.29 is 9.53 Å². The molecule has 0 aromatic heterocycles. The van der Waals surface area contributed by atoms with Crippen LogP contribution in [0.4, 0.5) is 0 Å². The number of aryl methyl sites for hydroxylation is 1. The summed E-state index contributed by atoms with van der Waals surface area (Å²) in [5.74, 6) is 1.36. The number of ketones is 1. The minimum absolute atomic E-state index is 0.161. The number of benzene rings is 2. The van der Waals surface area contributed by atoms with Gasteiger partial charge in [0.15, 0.2) is 5.78 Å². The van der Waals surface area contributed by atoms with E-state index < -0.39 is 0 Å². The molecule has 1 unspecified atom stereocenters. The maximum absolute atomic E-state index is 13.2. The van der Waals surface area contributed by atoms with Crippen LogP contribution in [-0.2, 0) is 13.0 Å². The monoisotopic (exact) mass is 419 g/mol. The van der Waals surface area contributed by atoms with E-state index in [-0.39, 0.29) is 5.92 Å². The standard InChI is InChI=1S/C28H37NO2/c1-21(2)29(25-11-7-4-8-12-25)18-17-23-13-14-24-19-26(15-16-27(24)28(23)30)31-20-22-9-5-3-6-10-22/h3,5-6,9-10,15-16,19,21,23,25H,4,7-8,11-14,17-18,20H2,1-2H3. The molecular formula is C28H37NO2. The molecule has 0 bridgehead atoms. The Kier molecular flexibility index (Phi) is 7.45. The Morgan fingerprint density at radius 3 is 2.52 bits per heavy atom. The number of hydrogen-bond acceptors (Lipinski definition) is 3. The van der Waals surface area contributed by atoms with Crippen molar-refractivity contribution in [3.8, 4) is 5.75 Å². The summed E-state index contributed by atoms with van der Waals surface area (Å²) in [7, 11) is 0. The van der Waals surface area contributed by atoms with Gasteiger partial charge < -0.3 is 4.74 Å². The first-order chi connectivity index (χ1) is 15.1. The second-order valence-electron chi connectivity index (χ2n) is 9.61. The first-order valence-corrected chi connectivity index (χ1v) is 12.2. The van der Waals surface area contributed by atoms with Gasteiger partial charge in [0.2, 0.25) is 0 Å². The van der Waals surface area contributed by atoms with Crippen molar-refractivity contribution in [3.05, 3.63) is 65.2 Å². The SMILES string of the molecule is CC(C)N(CCC1CCc2cc(OCc3ccccc3)ccc2C1=O)C1CCCCC1. The Bertz CT molecular complexity index is 855. The topological polar surface area (TPSA) is 29.5 Å². The van der Waals surface area contributed by atoms with Crippen molar-refractivity contribution in [2.45, 2.75) is 83.9 Å². The Morgan fingerprint density at radius 2 is 1.77 bits per heavy atom. The molecule has 4 rings (SSSR count). The Hall–Kier alpha value is -2.13. The van der Waals surface area contributed by atoms with Gasteiger partial charge in [0.25, 0.3) is 0 Å². The minimum atomic E-state index is 0.161. The van der Waals surface area contributed by atoms with Crippen LogP contribution in [0.5, 0.6) is 5.75 Å². The lowest BCUT2D eigenvalue weighted by Crippen LogP contribution is -2.43. The molecular weight excluding hydrogens is 382 g/mol. The summed E-state index contributed by atoms with van der Waals surface area (Å²) in [6, 6.07) is 17.5. The van der Waals surface area contributed by atoms with Crippen molar-refractivity contribution in [1.29, 1.82) is 0 Å². The summed E-state index contributed by atoms with van der Waals surface area (Å²) in [4.78, 5) is 15.9. The Balaban J connectivity index is 1.35. The fourth-order valence-corrected chi connectivity index (χ4v) is 5.38. The van der Waals surface area contributed by atoms with Gasteiger partial charge in [-0.3, -0.25) is 9.69 Å². The van der Waals surface area contributed by atoms with Gasteiger partial charge in [-0.15, -0.1) is 0 Å². The van der Waals surface area contributed by atoms with Gasteiger partial charge in [-0.05, 0) is 81.8 Å². The quantitative estimate of drug-likeness (QED) is 0.493.